The summed E-state index contributed by atoms with van der Waals surface area (Å²) in [6.45, 7) is 0. The number of hydrogen-bond acceptors (Lipinski definition) is 5. The molecule has 0 aromatic heterocycles. The van der Waals surface area contributed by atoms with Gasteiger partial charge >= 0.3 is 0 Å². The highest BCUT2D eigenvalue weighted by Crippen LogP contribution is 2.32. The fourth-order valence-electron chi connectivity index (χ4n) is 1.25. The van der Waals surface area contributed by atoms with Crippen molar-refractivity contribution in [3.05, 3.63) is 0 Å². The van der Waals surface area contributed by atoms with Crippen molar-refractivity contribution in [3.8, 4) is 0 Å². The minimum absolute atomic E-state index is 0.0618. The number of rotatable bonds is 0. The lowest BCUT2D eigenvalue weighted by Gasteiger charge is -2.42. The molecule has 0 aromatic rings. The summed E-state index contributed by atoms with van der Waals surface area (Å²) < 4.78 is 0. The van der Waals surface area contributed by atoms with E-state index >= 15 is 0 Å². The molecule has 0 spiro atoms. The summed E-state index contributed by atoms with van der Waals surface area (Å²) in [5.74, 6) is -5.05. The van der Waals surface area contributed by atoms with Crippen LogP contribution in [0.3, 0.4) is 0 Å². The third kappa shape index (κ3) is 1.25. The van der Waals surface area contributed by atoms with Gasteiger partial charge in [-0.15, -0.1) is 0 Å². The average Bonchev–Trinajstić information content (AvgIpc) is 1.84. The first kappa shape index (κ1) is 8.89. The molecule has 11 heavy (non-hydrogen) atoms. The molecule has 1 rings (SSSR count). The van der Waals surface area contributed by atoms with E-state index in [1.54, 1.807) is 0 Å². The predicted octanol–water partition coefficient (Wildman–Crippen LogP) is -2.14. The van der Waals surface area contributed by atoms with E-state index < -0.39 is 17.6 Å². The van der Waals surface area contributed by atoms with E-state index in [-0.39, 0.29) is 6.42 Å². The SMILES string of the molecule is NC1CCCC(O)(O)C1(O)O. The molecule has 1 atom stereocenters. The van der Waals surface area contributed by atoms with E-state index in [2.05, 4.69) is 0 Å². The normalized spacial score (nSPS) is 35.2. The zero-order valence-electron chi connectivity index (χ0n) is 6.06. The quantitative estimate of drug-likeness (QED) is 0.262. The van der Waals surface area contributed by atoms with Crippen LogP contribution in [0.5, 0.6) is 0 Å². The average molecular weight is 163 g/mol. The van der Waals surface area contributed by atoms with Crippen molar-refractivity contribution in [1.29, 1.82) is 0 Å². The molecule has 1 fully saturated rings. The van der Waals surface area contributed by atoms with Crippen LogP contribution in [0.1, 0.15) is 19.3 Å². The minimum atomic E-state index is -2.58. The van der Waals surface area contributed by atoms with Gasteiger partial charge in [-0.25, -0.2) is 0 Å². The molecule has 1 aliphatic carbocycles. The zero-order chi connectivity index (χ0) is 8.70. The minimum Gasteiger partial charge on any atom is -0.361 e. The maximum atomic E-state index is 9.10. The Hall–Kier alpha value is -0.200. The smallest absolute Gasteiger partial charge is 0.234 e. The number of aliphatic hydroxyl groups is 4. The van der Waals surface area contributed by atoms with Crippen LogP contribution in [-0.4, -0.2) is 38.0 Å². The van der Waals surface area contributed by atoms with Gasteiger partial charge in [0.05, 0.1) is 6.04 Å². The van der Waals surface area contributed by atoms with Gasteiger partial charge in [-0.05, 0) is 12.8 Å². The second-order valence-electron chi connectivity index (χ2n) is 3.04. The first-order valence-corrected chi connectivity index (χ1v) is 3.53. The van der Waals surface area contributed by atoms with E-state index in [0.717, 1.165) is 0 Å². The standard InChI is InChI=1S/C6H13NO4/c7-4-2-1-3-5(8,9)6(4,10)11/h4,8-11H,1-3,7H2. The van der Waals surface area contributed by atoms with Crippen LogP contribution in [0, 0.1) is 0 Å². The van der Waals surface area contributed by atoms with Crippen LogP contribution in [0.4, 0.5) is 0 Å². The highest BCUT2D eigenvalue weighted by Gasteiger charge is 2.53. The third-order valence-corrected chi connectivity index (χ3v) is 2.15. The Bertz CT molecular complexity index is 157. The number of nitrogens with two attached hydrogens (primary N) is 1. The molecule has 0 bridgehead atoms. The molecule has 0 amide bonds. The van der Waals surface area contributed by atoms with Gasteiger partial charge in [-0.1, -0.05) is 0 Å². The van der Waals surface area contributed by atoms with E-state index in [0.29, 0.717) is 12.8 Å². The van der Waals surface area contributed by atoms with E-state index in [9.17, 15) is 0 Å². The zero-order valence-corrected chi connectivity index (χ0v) is 6.06. The lowest BCUT2D eigenvalue weighted by atomic mass is 9.84. The lowest BCUT2D eigenvalue weighted by Crippen LogP contribution is -2.66. The Labute approximate surface area is 64.1 Å². The Kier molecular flexibility index (Phi) is 1.94. The molecule has 6 N–H and O–H groups in total. The molecular weight excluding hydrogens is 150 g/mol. The molecule has 0 aromatic carbocycles. The summed E-state index contributed by atoms with van der Waals surface area (Å²) in [5.41, 5.74) is 5.27. The van der Waals surface area contributed by atoms with Crippen molar-refractivity contribution in [2.24, 2.45) is 5.73 Å². The maximum Gasteiger partial charge on any atom is 0.234 e. The summed E-state index contributed by atoms with van der Waals surface area (Å²) >= 11 is 0. The molecule has 1 saturated carbocycles. The second kappa shape index (κ2) is 2.40. The largest absolute Gasteiger partial charge is 0.361 e. The molecule has 1 aliphatic rings. The van der Waals surface area contributed by atoms with Crippen molar-refractivity contribution in [3.63, 3.8) is 0 Å². The Morgan fingerprint density at radius 3 is 2.09 bits per heavy atom. The molecule has 1 unspecified atom stereocenters. The lowest BCUT2D eigenvalue weighted by molar-refractivity contribution is -0.375. The van der Waals surface area contributed by atoms with E-state index in [1.807, 2.05) is 0 Å². The van der Waals surface area contributed by atoms with Crippen LogP contribution in [0.25, 0.3) is 0 Å². The van der Waals surface area contributed by atoms with Gasteiger partial charge in [0.15, 0.2) is 0 Å². The van der Waals surface area contributed by atoms with Crippen molar-refractivity contribution < 1.29 is 20.4 Å². The Morgan fingerprint density at radius 2 is 1.73 bits per heavy atom. The van der Waals surface area contributed by atoms with Crippen molar-refractivity contribution in [1.82, 2.24) is 0 Å². The van der Waals surface area contributed by atoms with Crippen LogP contribution < -0.4 is 5.73 Å². The van der Waals surface area contributed by atoms with Crippen LogP contribution >= 0.6 is 0 Å². The van der Waals surface area contributed by atoms with Gasteiger partial charge in [0.25, 0.3) is 0 Å². The van der Waals surface area contributed by atoms with E-state index in [1.165, 1.54) is 0 Å². The van der Waals surface area contributed by atoms with Gasteiger partial charge in [-0.3, -0.25) is 0 Å². The molecular formula is C6H13NO4. The molecule has 0 saturated heterocycles. The predicted molar refractivity (Wildman–Crippen MR) is 36.2 cm³/mol. The van der Waals surface area contributed by atoms with Gasteiger partial charge in [0, 0.05) is 6.42 Å². The molecule has 5 nitrogen and oxygen atoms in total. The third-order valence-electron chi connectivity index (χ3n) is 2.15. The van der Waals surface area contributed by atoms with Crippen LogP contribution in [0.15, 0.2) is 0 Å². The Balaban J connectivity index is 2.82. The Morgan fingerprint density at radius 1 is 1.18 bits per heavy atom. The second-order valence-corrected chi connectivity index (χ2v) is 3.04. The summed E-state index contributed by atoms with van der Waals surface area (Å²) in [7, 11) is 0. The van der Waals surface area contributed by atoms with Crippen LogP contribution in [-0.2, 0) is 0 Å². The summed E-state index contributed by atoms with van der Waals surface area (Å²) in [4.78, 5) is 0. The maximum absolute atomic E-state index is 9.10. The monoisotopic (exact) mass is 163 g/mol. The summed E-state index contributed by atoms with van der Waals surface area (Å²) in [6, 6.07) is -0.994. The van der Waals surface area contributed by atoms with Crippen molar-refractivity contribution >= 4 is 0 Å². The highest BCUT2D eigenvalue weighted by atomic mass is 16.6. The molecule has 5 heteroatoms. The molecule has 0 aliphatic heterocycles. The van der Waals surface area contributed by atoms with Gasteiger partial charge in [0.1, 0.15) is 0 Å². The first-order valence-electron chi connectivity index (χ1n) is 3.53. The van der Waals surface area contributed by atoms with Gasteiger partial charge in [-0.2, -0.15) is 0 Å². The summed E-state index contributed by atoms with van der Waals surface area (Å²) in [5, 5.41) is 36.3. The molecule has 0 radical (unpaired) electrons. The number of hydrogen-bond donors (Lipinski definition) is 5. The fraction of sp³-hybridized carbons (Fsp3) is 1.00. The van der Waals surface area contributed by atoms with Gasteiger partial charge in [0.2, 0.25) is 11.6 Å². The first-order chi connectivity index (χ1) is 4.88. The fourth-order valence-corrected chi connectivity index (χ4v) is 1.25. The van der Waals surface area contributed by atoms with Crippen molar-refractivity contribution in [2.75, 3.05) is 0 Å². The van der Waals surface area contributed by atoms with Gasteiger partial charge < -0.3 is 26.2 Å². The summed E-state index contributed by atoms with van der Waals surface area (Å²) in [6.07, 6.45) is 0.806. The topological polar surface area (TPSA) is 107 Å². The van der Waals surface area contributed by atoms with Crippen LogP contribution in [0.2, 0.25) is 0 Å². The van der Waals surface area contributed by atoms with E-state index in [4.69, 9.17) is 26.2 Å². The van der Waals surface area contributed by atoms with Crippen molar-refractivity contribution in [2.45, 2.75) is 36.9 Å². The molecule has 66 valence electrons. The highest BCUT2D eigenvalue weighted by molar-refractivity contribution is 4.95. The molecule has 0 heterocycles.